The van der Waals surface area contributed by atoms with Crippen molar-refractivity contribution < 1.29 is 57.1 Å². The monoisotopic (exact) mass is 703 g/mol. The molecule has 0 aliphatic rings. The minimum Gasteiger partial charge on any atom is -0.463 e. The van der Waals surface area contributed by atoms with Gasteiger partial charge in [0.05, 0.1) is 49.5 Å². The molecule has 1 heterocycles. The molecule has 0 radical (unpaired) electrons. The second-order valence-corrected chi connectivity index (χ2v) is 12.7. The van der Waals surface area contributed by atoms with Gasteiger partial charge in [-0.25, -0.2) is 27.1 Å². The lowest BCUT2D eigenvalue weighted by molar-refractivity contribution is -0.769. The molecule has 1 aromatic carbocycles. The van der Waals surface area contributed by atoms with Crippen LogP contribution in [0.5, 0.6) is 0 Å². The van der Waals surface area contributed by atoms with Crippen LogP contribution in [0.4, 0.5) is 10.3 Å². The van der Waals surface area contributed by atoms with Crippen molar-refractivity contribution in [1.82, 2.24) is 9.97 Å². The number of carbonyl (C=O) groups excluding carboxylic acids is 1. The van der Waals surface area contributed by atoms with E-state index in [1.165, 1.54) is 43.5 Å². The first kappa shape index (κ1) is 39.6. The summed E-state index contributed by atoms with van der Waals surface area (Å²) in [6, 6.07) is 5.33. The molecule has 0 amide bonds. The Hall–Kier alpha value is -4.53. The maximum Gasteiger partial charge on any atom is 0.308 e. The number of ether oxygens (including phenoxy) is 2. The van der Waals surface area contributed by atoms with Gasteiger partial charge in [-0.05, 0) is 36.6 Å². The van der Waals surface area contributed by atoms with E-state index in [1.807, 2.05) is 13.8 Å². The van der Waals surface area contributed by atoms with Gasteiger partial charge in [-0.3, -0.25) is 4.79 Å². The van der Waals surface area contributed by atoms with E-state index in [0.29, 0.717) is 16.8 Å². The molecule has 0 spiro atoms. The SMILES string of the molecule is CC(C)c1nc(N(C)S(C)(=O)=O)nc(-c2ccc(F)cc2)c1/C=C/[C@@H](O)C[C@@H](O)CC(=O)OCC(COCCCO[N+](=O)[O-])O[N+](=O)[O-]. The van der Waals surface area contributed by atoms with E-state index in [9.17, 15) is 48.0 Å². The highest BCUT2D eigenvalue weighted by atomic mass is 32.2. The van der Waals surface area contributed by atoms with Gasteiger partial charge >= 0.3 is 5.97 Å². The van der Waals surface area contributed by atoms with Gasteiger partial charge in [-0.1, -0.05) is 26.0 Å². The summed E-state index contributed by atoms with van der Waals surface area (Å²) in [6.45, 7) is 2.33. The van der Waals surface area contributed by atoms with Gasteiger partial charge in [0.15, 0.2) is 6.10 Å². The molecule has 266 valence electrons. The molecule has 0 aliphatic heterocycles. The van der Waals surface area contributed by atoms with Crippen LogP contribution in [-0.2, 0) is 34.0 Å². The van der Waals surface area contributed by atoms with Crippen LogP contribution in [0.25, 0.3) is 17.3 Å². The molecule has 3 atom stereocenters. The highest BCUT2D eigenvalue weighted by Crippen LogP contribution is 2.31. The molecular formula is C28H38FN5O13S. The molecule has 1 unspecified atom stereocenters. The first-order valence-corrected chi connectivity index (χ1v) is 16.3. The van der Waals surface area contributed by atoms with Crippen molar-refractivity contribution in [1.29, 1.82) is 0 Å². The Morgan fingerprint density at radius 1 is 1.08 bits per heavy atom. The van der Waals surface area contributed by atoms with Crippen molar-refractivity contribution in [2.75, 3.05) is 44.0 Å². The number of sulfonamides is 1. The molecule has 48 heavy (non-hydrogen) atoms. The zero-order valence-electron chi connectivity index (χ0n) is 26.6. The van der Waals surface area contributed by atoms with Crippen LogP contribution in [0.15, 0.2) is 30.3 Å². The fraction of sp³-hybridized carbons (Fsp3) is 0.536. The maximum absolute atomic E-state index is 13.7. The van der Waals surface area contributed by atoms with E-state index in [2.05, 4.69) is 19.6 Å². The van der Waals surface area contributed by atoms with Crippen LogP contribution in [-0.4, -0.2) is 103 Å². The summed E-state index contributed by atoms with van der Waals surface area (Å²) in [7, 11) is -2.44. The lowest BCUT2D eigenvalue weighted by Crippen LogP contribution is -2.30. The molecule has 0 saturated heterocycles. The van der Waals surface area contributed by atoms with Crippen LogP contribution < -0.4 is 4.31 Å². The Morgan fingerprint density at radius 3 is 2.33 bits per heavy atom. The van der Waals surface area contributed by atoms with Gasteiger partial charge in [0.25, 0.3) is 10.2 Å². The number of rotatable bonds is 21. The predicted octanol–water partition coefficient (Wildman–Crippen LogP) is 2.05. The second kappa shape index (κ2) is 18.7. The van der Waals surface area contributed by atoms with E-state index in [4.69, 9.17) is 9.47 Å². The third kappa shape index (κ3) is 13.7. The first-order valence-electron chi connectivity index (χ1n) is 14.5. The average molecular weight is 704 g/mol. The molecule has 20 heteroatoms. The average Bonchev–Trinajstić information content (AvgIpc) is 2.99. The number of hydrogen-bond donors (Lipinski definition) is 2. The molecule has 0 bridgehead atoms. The second-order valence-electron chi connectivity index (χ2n) is 10.7. The van der Waals surface area contributed by atoms with Crippen molar-refractivity contribution in [2.45, 2.75) is 57.3 Å². The number of benzene rings is 1. The predicted molar refractivity (Wildman–Crippen MR) is 166 cm³/mol. The summed E-state index contributed by atoms with van der Waals surface area (Å²) in [6.07, 6.45) is -1.01. The summed E-state index contributed by atoms with van der Waals surface area (Å²) < 4.78 is 49.1. The maximum atomic E-state index is 13.7. The van der Waals surface area contributed by atoms with Crippen LogP contribution >= 0.6 is 0 Å². The minimum absolute atomic E-state index is 0.0541. The normalized spacial score (nSPS) is 13.6. The smallest absolute Gasteiger partial charge is 0.308 e. The lowest BCUT2D eigenvalue weighted by Gasteiger charge is -2.20. The van der Waals surface area contributed by atoms with Gasteiger partial charge in [0.1, 0.15) is 12.4 Å². The zero-order chi connectivity index (χ0) is 36.0. The highest BCUT2D eigenvalue weighted by molar-refractivity contribution is 7.92. The summed E-state index contributed by atoms with van der Waals surface area (Å²) in [5.74, 6) is -1.83. The number of esters is 1. The van der Waals surface area contributed by atoms with Crippen LogP contribution in [0.3, 0.4) is 0 Å². The third-order valence-electron chi connectivity index (χ3n) is 6.41. The Bertz CT molecular complexity index is 1530. The van der Waals surface area contributed by atoms with Crippen molar-refractivity contribution >= 4 is 28.0 Å². The Kier molecular flexibility index (Phi) is 15.5. The van der Waals surface area contributed by atoms with Crippen molar-refractivity contribution in [3.05, 3.63) is 67.6 Å². The minimum atomic E-state index is -3.73. The quantitative estimate of drug-likeness (QED) is 0.0818. The first-order chi connectivity index (χ1) is 22.5. The Balaban J connectivity index is 2.11. The van der Waals surface area contributed by atoms with Gasteiger partial charge < -0.3 is 29.4 Å². The van der Waals surface area contributed by atoms with E-state index in [1.54, 1.807) is 0 Å². The molecule has 2 N–H and O–H groups in total. The summed E-state index contributed by atoms with van der Waals surface area (Å²) in [5.41, 5.74) is 1.52. The lowest BCUT2D eigenvalue weighted by atomic mass is 9.97. The number of halogens is 1. The zero-order valence-corrected chi connectivity index (χ0v) is 27.4. The van der Waals surface area contributed by atoms with Gasteiger partial charge in [-0.15, -0.1) is 20.2 Å². The van der Waals surface area contributed by atoms with Crippen molar-refractivity contribution in [3.8, 4) is 11.3 Å². The van der Waals surface area contributed by atoms with Gasteiger partial charge in [-0.2, -0.15) is 0 Å². The largest absolute Gasteiger partial charge is 0.463 e. The fourth-order valence-corrected chi connectivity index (χ4v) is 4.40. The molecule has 0 aliphatic carbocycles. The van der Waals surface area contributed by atoms with E-state index < -0.39 is 63.3 Å². The number of aliphatic hydroxyl groups excluding tert-OH is 2. The fourth-order valence-electron chi connectivity index (χ4n) is 4.03. The molecule has 2 rings (SSSR count). The van der Waals surface area contributed by atoms with Crippen molar-refractivity contribution in [2.24, 2.45) is 0 Å². The molecule has 0 fully saturated rings. The topological polar surface area (TPSA) is 244 Å². The van der Waals surface area contributed by atoms with Crippen LogP contribution in [0, 0.1) is 26.0 Å². The number of carbonyl (C=O) groups is 1. The number of hydrogen-bond acceptors (Lipinski definition) is 15. The number of anilines is 1. The molecular weight excluding hydrogens is 665 g/mol. The molecule has 18 nitrogen and oxygen atoms in total. The molecule has 2 aromatic rings. The Morgan fingerprint density at radius 2 is 1.75 bits per heavy atom. The summed E-state index contributed by atoms with van der Waals surface area (Å²) >= 11 is 0. The molecule has 1 aromatic heterocycles. The number of nitrogens with zero attached hydrogens (tertiary/aromatic N) is 5. The third-order valence-corrected chi connectivity index (χ3v) is 7.56. The summed E-state index contributed by atoms with van der Waals surface area (Å²) in [4.78, 5) is 50.5. The van der Waals surface area contributed by atoms with Crippen molar-refractivity contribution in [3.63, 3.8) is 0 Å². The van der Waals surface area contributed by atoms with Crippen LogP contribution in [0.1, 0.15) is 50.3 Å². The summed E-state index contributed by atoms with van der Waals surface area (Å²) in [5, 5.41) is 39.8. The highest BCUT2D eigenvalue weighted by Gasteiger charge is 2.23. The number of aliphatic hydroxyl groups is 2. The van der Waals surface area contributed by atoms with E-state index >= 15 is 0 Å². The van der Waals surface area contributed by atoms with Gasteiger partial charge in [0, 0.05) is 31.2 Å². The van der Waals surface area contributed by atoms with Gasteiger partial charge in [0.2, 0.25) is 16.0 Å². The standard InChI is InChI=1S/C28H38FN5O13S/c1-18(2)26-24(27(19-6-8-20(29)9-7-19)31-28(30-26)32(3)48(4,42)43)11-10-21(35)14-22(36)15-25(37)45-17-23(47-34(40)41)16-44-12-5-13-46-33(38)39/h6-11,18,21-23,35-36H,5,12-17H2,1-4H3/b11-10+/t21-,22-,23?/m1/s1. The molecule has 0 saturated carbocycles. The van der Waals surface area contributed by atoms with E-state index in [0.717, 1.165) is 10.6 Å². The Labute approximate surface area is 275 Å². The van der Waals surface area contributed by atoms with Crippen LogP contribution in [0.2, 0.25) is 0 Å². The van der Waals surface area contributed by atoms with E-state index in [-0.39, 0.29) is 50.2 Å². The number of aromatic nitrogens is 2.